The van der Waals surface area contributed by atoms with Gasteiger partial charge in [-0.25, -0.2) is 0 Å². The van der Waals surface area contributed by atoms with E-state index in [9.17, 15) is 5.11 Å². The molecule has 1 fully saturated rings. The third-order valence-electron chi connectivity index (χ3n) is 2.75. The molecule has 2 aromatic rings. The van der Waals surface area contributed by atoms with Gasteiger partial charge in [-0.05, 0) is 25.1 Å². The summed E-state index contributed by atoms with van der Waals surface area (Å²) >= 11 is 0. The Morgan fingerprint density at radius 3 is 3.14 bits per heavy atom. The molecule has 1 aliphatic rings. The first-order valence-electron chi connectivity index (χ1n) is 4.83. The van der Waals surface area contributed by atoms with Crippen LogP contribution in [0.3, 0.4) is 0 Å². The molecule has 74 valence electrons. The van der Waals surface area contributed by atoms with E-state index in [0.29, 0.717) is 0 Å². The van der Waals surface area contributed by atoms with Crippen molar-refractivity contribution in [1.82, 2.24) is 10.3 Å². The number of furan rings is 1. The average molecular weight is 192 g/mol. The Morgan fingerprint density at radius 1 is 1.50 bits per heavy atom. The van der Waals surface area contributed by atoms with Crippen LogP contribution in [-0.2, 0) is 0 Å². The Bertz CT molecular complexity index is 417. The summed E-state index contributed by atoms with van der Waals surface area (Å²) in [5.41, 5.74) is 0.779. The van der Waals surface area contributed by atoms with E-state index in [1.165, 1.54) is 0 Å². The van der Waals surface area contributed by atoms with Gasteiger partial charge in [0.1, 0.15) is 5.76 Å². The van der Waals surface area contributed by atoms with Crippen LogP contribution in [0, 0.1) is 0 Å². The minimum Gasteiger partial charge on any atom is -0.443 e. The molecule has 3 rings (SSSR count). The summed E-state index contributed by atoms with van der Waals surface area (Å²) in [6.45, 7) is 0.848. The predicted molar refractivity (Wildman–Crippen MR) is 51.9 cm³/mol. The standard InChI is InChI=1S/C10H12N2O2/c13-7-2-4-11-9(7)8-5-6-1-3-12-10(6)14-8/h1,3,5,7,9,11-13H,2,4H2. The van der Waals surface area contributed by atoms with Gasteiger partial charge in [-0.3, -0.25) is 0 Å². The highest BCUT2D eigenvalue weighted by molar-refractivity contribution is 5.74. The lowest BCUT2D eigenvalue weighted by Gasteiger charge is -2.10. The highest BCUT2D eigenvalue weighted by Gasteiger charge is 2.29. The van der Waals surface area contributed by atoms with E-state index in [1.54, 1.807) is 0 Å². The Hall–Kier alpha value is -1.26. The van der Waals surface area contributed by atoms with Crippen LogP contribution in [0.15, 0.2) is 22.7 Å². The summed E-state index contributed by atoms with van der Waals surface area (Å²) in [6.07, 6.45) is 2.31. The lowest BCUT2D eigenvalue weighted by molar-refractivity contribution is 0.150. The van der Waals surface area contributed by atoms with E-state index < -0.39 is 0 Å². The van der Waals surface area contributed by atoms with Crippen LogP contribution in [0.2, 0.25) is 0 Å². The van der Waals surface area contributed by atoms with Crippen LogP contribution >= 0.6 is 0 Å². The maximum atomic E-state index is 9.67. The van der Waals surface area contributed by atoms with Crippen molar-refractivity contribution in [1.29, 1.82) is 0 Å². The molecule has 3 heterocycles. The third kappa shape index (κ3) is 1.08. The molecule has 14 heavy (non-hydrogen) atoms. The second kappa shape index (κ2) is 2.87. The summed E-state index contributed by atoms with van der Waals surface area (Å²) < 4.78 is 5.58. The highest BCUT2D eigenvalue weighted by Crippen LogP contribution is 2.28. The molecule has 3 N–H and O–H groups in total. The van der Waals surface area contributed by atoms with Crippen molar-refractivity contribution < 1.29 is 9.52 Å². The number of aliphatic hydroxyl groups excluding tert-OH is 1. The zero-order valence-corrected chi connectivity index (χ0v) is 7.66. The average Bonchev–Trinajstić information content (AvgIpc) is 2.75. The molecule has 4 nitrogen and oxygen atoms in total. The van der Waals surface area contributed by atoms with Crippen molar-refractivity contribution in [2.75, 3.05) is 6.54 Å². The topological polar surface area (TPSA) is 61.2 Å². The molecule has 0 aliphatic carbocycles. The summed E-state index contributed by atoms with van der Waals surface area (Å²) in [7, 11) is 0. The third-order valence-corrected chi connectivity index (χ3v) is 2.75. The number of hydrogen-bond acceptors (Lipinski definition) is 3. The second-order valence-electron chi connectivity index (χ2n) is 3.70. The SMILES string of the molecule is OC1CCNC1c1cc2cc[nH]c2o1. The summed E-state index contributed by atoms with van der Waals surface area (Å²) in [4.78, 5) is 3.00. The molecule has 2 atom stereocenters. The Kier molecular flexibility index (Phi) is 1.65. The van der Waals surface area contributed by atoms with Gasteiger partial charge >= 0.3 is 0 Å². The second-order valence-corrected chi connectivity index (χ2v) is 3.70. The number of aromatic nitrogens is 1. The molecular weight excluding hydrogens is 180 g/mol. The minimum atomic E-state index is -0.328. The van der Waals surface area contributed by atoms with Gasteiger partial charge in [0.25, 0.3) is 0 Å². The number of H-pyrrole nitrogens is 1. The normalized spacial score (nSPS) is 27.5. The summed E-state index contributed by atoms with van der Waals surface area (Å²) in [5.74, 6) is 0.817. The van der Waals surface area contributed by atoms with Gasteiger partial charge in [-0.15, -0.1) is 0 Å². The Morgan fingerprint density at radius 2 is 2.43 bits per heavy atom. The molecule has 1 saturated heterocycles. The maximum absolute atomic E-state index is 9.67. The number of rotatable bonds is 1. The van der Waals surface area contributed by atoms with Crippen molar-refractivity contribution in [3.8, 4) is 0 Å². The molecule has 0 saturated carbocycles. The fourth-order valence-electron chi connectivity index (χ4n) is 2.00. The number of nitrogens with one attached hydrogen (secondary N) is 2. The van der Waals surface area contributed by atoms with Crippen molar-refractivity contribution in [2.24, 2.45) is 0 Å². The van der Waals surface area contributed by atoms with E-state index in [4.69, 9.17) is 4.42 Å². The van der Waals surface area contributed by atoms with E-state index in [1.807, 2.05) is 18.3 Å². The van der Waals surface area contributed by atoms with E-state index in [2.05, 4.69) is 10.3 Å². The van der Waals surface area contributed by atoms with Crippen LogP contribution in [-0.4, -0.2) is 22.7 Å². The van der Waals surface area contributed by atoms with Gasteiger partial charge in [0.05, 0.1) is 12.1 Å². The molecular formula is C10H12N2O2. The first-order chi connectivity index (χ1) is 6.84. The smallest absolute Gasteiger partial charge is 0.204 e. The molecule has 0 radical (unpaired) electrons. The van der Waals surface area contributed by atoms with Crippen molar-refractivity contribution >= 4 is 11.1 Å². The van der Waals surface area contributed by atoms with Crippen LogP contribution in [0.1, 0.15) is 18.2 Å². The molecule has 0 aromatic carbocycles. The van der Waals surface area contributed by atoms with Gasteiger partial charge in [0.2, 0.25) is 5.71 Å². The van der Waals surface area contributed by atoms with Gasteiger partial charge in [-0.2, -0.15) is 0 Å². The Labute approximate surface area is 80.9 Å². The fourth-order valence-corrected chi connectivity index (χ4v) is 2.00. The quantitative estimate of drug-likeness (QED) is 0.635. The number of aliphatic hydroxyl groups is 1. The fraction of sp³-hybridized carbons (Fsp3) is 0.400. The molecule has 2 aromatic heterocycles. The zero-order chi connectivity index (χ0) is 9.54. The van der Waals surface area contributed by atoms with Crippen molar-refractivity contribution in [3.63, 3.8) is 0 Å². The molecule has 0 amide bonds. The molecule has 4 heteroatoms. The largest absolute Gasteiger partial charge is 0.443 e. The van der Waals surface area contributed by atoms with E-state index >= 15 is 0 Å². The van der Waals surface area contributed by atoms with Gasteiger partial charge in [0, 0.05) is 11.6 Å². The molecule has 0 spiro atoms. The first-order valence-corrected chi connectivity index (χ1v) is 4.83. The number of hydrogen-bond donors (Lipinski definition) is 3. The van der Waals surface area contributed by atoms with Crippen molar-refractivity contribution in [3.05, 3.63) is 24.1 Å². The van der Waals surface area contributed by atoms with Gasteiger partial charge in [0.15, 0.2) is 0 Å². The first kappa shape index (κ1) is 8.08. The lowest BCUT2D eigenvalue weighted by Crippen LogP contribution is -2.20. The van der Waals surface area contributed by atoms with Gasteiger partial charge in [-0.1, -0.05) is 0 Å². The molecule has 0 bridgehead atoms. The summed E-state index contributed by atoms with van der Waals surface area (Å²) in [6, 6.07) is 3.89. The molecule has 2 unspecified atom stereocenters. The lowest BCUT2D eigenvalue weighted by atomic mass is 10.1. The monoisotopic (exact) mass is 192 g/mol. The van der Waals surface area contributed by atoms with Crippen LogP contribution in [0.25, 0.3) is 11.1 Å². The number of fused-ring (bicyclic) bond motifs is 1. The van der Waals surface area contributed by atoms with Crippen LogP contribution < -0.4 is 5.32 Å². The maximum Gasteiger partial charge on any atom is 0.204 e. The summed E-state index contributed by atoms with van der Waals surface area (Å²) in [5, 5.41) is 13.9. The minimum absolute atomic E-state index is 0.0456. The number of aromatic amines is 1. The van der Waals surface area contributed by atoms with Crippen LogP contribution in [0.4, 0.5) is 0 Å². The Balaban J connectivity index is 2.01. The van der Waals surface area contributed by atoms with Crippen molar-refractivity contribution in [2.45, 2.75) is 18.6 Å². The molecule has 1 aliphatic heterocycles. The van der Waals surface area contributed by atoms with Gasteiger partial charge < -0.3 is 19.8 Å². The van der Waals surface area contributed by atoms with Crippen LogP contribution in [0.5, 0.6) is 0 Å². The highest BCUT2D eigenvalue weighted by atomic mass is 16.3. The van der Waals surface area contributed by atoms with E-state index in [-0.39, 0.29) is 12.1 Å². The zero-order valence-electron chi connectivity index (χ0n) is 7.66. The predicted octanol–water partition coefficient (Wildman–Crippen LogP) is 1.16. The van der Waals surface area contributed by atoms with E-state index in [0.717, 1.165) is 29.8 Å².